The van der Waals surface area contributed by atoms with Crippen molar-refractivity contribution in [1.82, 2.24) is 10.6 Å². The Bertz CT molecular complexity index is 231. The second kappa shape index (κ2) is 5.70. The highest BCUT2D eigenvalue weighted by atomic mass is 16.3. The van der Waals surface area contributed by atoms with Gasteiger partial charge in [-0.05, 0) is 6.92 Å². The van der Waals surface area contributed by atoms with Crippen LogP contribution in [-0.4, -0.2) is 36.1 Å². The lowest BCUT2D eigenvalue weighted by Gasteiger charge is -2.17. The van der Waals surface area contributed by atoms with Crippen molar-refractivity contribution in [2.24, 2.45) is 5.41 Å². The van der Waals surface area contributed by atoms with Gasteiger partial charge >= 0.3 is 0 Å². The predicted molar refractivity (Wildman–Crippen MR) is 57.2 cm³/mol. The molecule has 0 aliphatic heterocycles. The molecule has 0 unspecified atom stereocenters. The minimum atomic E-state index is -0.577. The Hall–Kier alpha value is -1.10. The summed E-state index contributed by atoms with van der Waals surface area (Å²) in [5, 5.41) is 13.9. The van der Waals surface area contributed by atoms with Crippen LogP contribution in [0.15, 0.2) is 0 Å². The van der Waals surface area contributed by atoms with E-state index in [1.807, 2.05) is 0 Å². The Balaban J connectivity index is 3.77. The lowest BCUT2D eigenvalue weighted by Crippen LogP contribution is -2.43. The Morgan fingerprint density at radius 2 is 1.80 bits per heavy atom. The summed E-state index contributed by atoms with van der Waals surface area (Å²) in [5.74, 6) is -0.469. The van der Waals surface area contributed by atoms with E-state index >= 15 is 0 Å². The maximum atomic E-state index is 11.4. The normalized spacial score (nSPS) is 13.1. The molecule has 0 saturated carbocycles. The van der Waals surface area contributed by atoms with Crippen LogP contribution < -0.4 is 10.6 Å². The van der Waals surface area contributed by atoms with E-state index in [4.69, 9.17) is 5.11 Å². The van der Waals surface area contributed by atoms with Gasteiger partial charge in [0.1, 0.15) is 0 Å². The van der Waals surface area contributed by atoms with Crippen molar-refractivity contribution in [3.63, 3.8) is 0 Å². The number of carbonyl (C=O) groups is 2. The van der Waals surface area contributed by atoms with Gasteiger partial charge in [0.2, 0.25) is 11.8 Å². The van der Waals surface area contributed by atoms with Crippen molar-refractivity contribution < 1.29 is 14.7 Å². The van der Waals surface area contributed by atoms with Crippen LogP contribution >= 0.6 is 0 Å². The number of rotatable bonds is 4. The molecule has 0 aromatic heterocycles. The third-order valence-corrected chi connectivity index (χ3v) is 1.69. The second-order valence-corrected chi connectivity index (χ2v) is 4.59. The molecule has 0 bridgehead atoms. The van der Waals surface area contributed by atoms with Crippen LogP contribution in [-0.2, 0) is 9.59 Å². The highest BCUT2D eigenvalue weighted by molar-refractivity contribution is 5.87. The number of nitrogens with one attached hydrogen (secondary N) is 2. The second-order valence-electron chi connectivity index (χ2n) is 4.59. The molecule has 3 N–H and O–H groups in total. The molecule has 0 saturated heterocycles. The number of aliphatic hydroxyl groups excluding tert-OH is 1. The van der Waals surface area contributed by atoms with Gasteiger partial charge in [0.15, 0.2) is 0 Å². The van der Waals surface area contributed by atoms with Gasteiger partial charge in [0, 0.05) is 12.0 Å². The molecule has 0 aromatic rings. The first-order chi connectivity index (χ1) is 6.73. The van der Waals surface area contributed by atoms with Crippen molar-refractivity contribution in [1.29, 1.82) is 0 Å². The lowest BCUT2D eigenvalue weighted by molar-refractivity contribution is -0.131. The van der Waals surface area contributed by atoms with Crippen LogP contribution in [0, 0.1) is 5.41 Å². The van der Waals surface area contributed by atoms with Crippen LogP contribution in [0.2, 0.25) is 0 Å². The molecule has 5 heteroatoms. The molecule has 0 spiro atoms. The minimum absolute atomic E-state index is 0.0528. The van der Waals surface area contributed by atoms with E-state index in [1.54, 1.807) is 27.7 Å². The minimum Gasteiger partial charge on any atom is -0.392 e. The van der Waals surface area contributed by atoms with E-state index in [0.717, 1.165) is 0 Å². The first-order valence-electron chi connectivity index (χ1n) is 4.96. The predicted octanol–water partition coefficient (Wildman–Crippen LogP) is -0.354. The highest BCUT2D eigenvalue weighted by Crippen LogP contribution is 2.11. The summed E-state index contributed by atoms with van der Waals surface area (Å²) in [6, 6.07) is 0. The number of amides is 2. The first-order valence-corrected chi connectivity index (χ1v) is 4.96. The molecule has 0 fully saturated rings. The SMILES string of the molecule is C[C@H](O)CNC(=O)CNC(=O)C(C)(C)C. The molecule has 0 heterocycles. The number of hydrogen-bond donors (Lipinski definition) is 3. The van der Waals surface area contributed by atoms with Gasteiger partial charge in [-0.3, -0.25) is 9.59 Å². The average Bonchev–Trinajstić information content (AvgIpc) is 2.09. The van der Waals surface area contributed by atoms with Crippen LogP contribution in [0.1, 0.15) is 27.7 Å². The summed E-state index contributed by atoms with van der Waals surface area (Å²) in [5.41, 5.74) is -0.495. The molecule has 0 aliphatic carbocycles. The van der Waals surface area contributed by atoms with Crippen molar-refractivity contribution in [2.75, 3.05) is 13.1 Å². The molecular formula is C10H20N2O3. The Labute approximate surface area is 90.2 Å². The Morgan fingerprint density at radius 1 is 1.27 bits per heavy atom. The first kappa shape index (κ1) is 13.9. The quantitative estimate of drug-likeness (QED) is 0.601. The topological polar surface area (TPSA) is 78.4 Å². The molecule has 0 aliphatic rings. The van der Waals surface area contributed by atoms with Crippen molar-refractivity contribution in [2.45, 2.75) is 33.8 Å². The van der Waals surface area contributed by atoms with E-state index in [-0.39, 0.29) is 24.9 Å². The summed E-state index contributed by atoms with van der Waals surface area (Å²) in [4.78, 5) is 22.5. The fraction of sp³-hybridized carbons (Fsp3) is 0.800. The molecular weight excluding hydrogens is 196 g/mol. The molecule has 15 heavy (non-hydrogen) atoms. The van der Waals surface area contributed by atoms with E-state index in [0.29, 0.717) is 0 Å². The van der Waals surface area contributed by atoms with E-state index < -0.39 is 11.5 Å². The fourth-order valence-electron chi connectivity index (χ4n) is 0.750. The summed E-state index contributed by atoms with van der Waals surface area (Å²) in [6.07, 6.45) is -0.577. The number of carbonyl (C=O) groups excluding carboxylic acids is 2. The Morgan fingerprint density at radius 3 is 2.20 bits per heavy atom. The smallest absolute Gasteiger partial charge is 0.239 e. The number of hydrogen-bond acceptors (Lipinski definition) is 3. The zero-order chi connectivity index (χ0) is 12.1. The van der Waals surface area contributed by atoms with Crippen molar-refractivity contribution in [3.8, 4) is 0 Å². The standard InChI is InChI=1S/C10H20N2O3/c1-7(13)5-11-8(14)6-12-9(15)10(2,3)4/h7,13H,5-6H2,1-4H3,(H,11,14)(H,12,15)/t7-/m0/s1. The third kappa shape index (κ3) is 6.90. The van der Waals surface area contributed by atoms with Gasteiger partial charge in [0.05, 0.1) is 12.6 Å². The molecule has 2 amide bonds. The average molecular weight is 216 g/mol. The molecule has 5 nitrogen and oxygen atoms in total. The van der Waals surface area contributed by atoms with Gasteiger partial charge in [-0.15, -0.1) is 0 Å². The molecule has 88 valence electrons. The van der Waals surface area contributed by atoms with Crippen molar-refractivity contribution >= 4 is 11.8 Å². The highest BCUT2D eigenvalue weighted by Gasteiger charge is 2.21. The summed E-state index contributed by atoms with van der Waals surface area (Å²) in [6.45, 7) is 7.04. The zero-order valence-corrected chi connectivity index (χ0v) is 9.76. The lowest BCUT2D eigenvalue weighted by atomic mass is 9.96. The zero-order valence-electron chi connectivity index (χ0n) is 9.76. The maximum absolute atomic E-state index is 11.4. The monoisotopic (exact) mass is 216 g/mol. The van der Waals surface area contributed by atoms with Crippen LogP contribution in [0.4, 0.5) is 0 Å². The van der Waals surface area contributed by atoms with Gasteiger partial charge in [-0.1, -0.05) is 20.8 Å². The van der Waals surface area contributed by atoms with Gasteiger partial charge < -0.3 is 15.7 Å². The molecule has 0 radical (unpaired) electrons. The van der Waals surface area contributed by atoms with Crippen molar-refractivity contribution in [3.05, 3.63) is 0 Å². The van der Waals surface area contributed by atoms with Gasteiger partial charge in [0.25, 0.3) is 0 Å². The van der Waals surface area contributed by atoms with E-state index in [1.165, 1.54) is 0 Å². The third-order valence-electron chi connectivity index (χ3n) is 1.69. The number of aliphatic hydroxyl groups is 1. The van der Waals surface area contributed by atoms with Crippen LogP contribution in [0.3, 0.4) is 0 Å². The maximum Gasteiger partial charge on any atom is 0.239 e. The fourth-order valence-corrected chi connectivity index (χ4v) is 0.750. The molecule has 1 atom stereocenters. The van der Waals surface area contributed by atoms with Crippen LogP contribution in [0.25, 0.3) is 0 Å². The van der Waals surface area contributed by atoms with Crippen LogP contribution in [0.5, 0.6) is 0 Å². The summed E-state index contributed by atoms with van der Waals surface area (Å²) < 4.78 is 0. The van der Waals surface area contributed by atoms with E-state index in [9.17, 15) is 9.59 Å². The van der Waals surface area contributed by atoms with Gasteiger partial charge in [-0.25, -0.2) is 0 Å². The van der Waals surface area contributed by atoms with Gasteiger partial charge in [-0.2, -0.15) is 0 Å². The Kier molecular flexibility index (Phi) is 5.28. The summed E-state index contributed by atoms with van der Waals surface area (Å²) in [7, 11) is 0. The largest absolute Gasteiger partial charge is 0.392 e. The van der Waals surface area contributed by atoms with E-state index in [2.05, 4.69) is 10.6 Å². The summed E-state index contributed by atoms with van der Waals surface area (Å²) >= 11 is 0. The molecule has 0 aromatic carbocycles. The molecule has 0 rings (SSSR count).